The summed E-state index contributed by atoms with van der Waals surface area (Å²) in [7, 11) is 0. The molecular formula is C17H21ClN6O5S2. The number of halogens is 1. The molecule has 0 aliphatic carbocycles. The lowest BCUT2D eigenvalue weighted by atomic mass is 10.0. The number of nitrogen functional groups attached to an aromatic ring is 1. The lowest BCUT2D eigenvalue weighted by Gasteiger charge is -2.49. The van der Waals surface area contributed by atoms with Gasteiger partial charge in [0.1, 0.15) is 29.4 Å². The molecule has 0 aromatic carbocycles. The number of nitrogens with one attached hydrogen (secondary N) is 2. The summed E-state index contributed by atoms with van der Waals surface area (Å²) in [5.41, 5.74) is 6.29. The summed E-state index contributed by atoms with van der Waals surface area (Å²) in [4.78, 5) is 47.7. The lowest BCUT2D eigenvalue weighted by molar-refractivity contribution is -0.150. The Kier molecular flexibility index (Phi) is 7.75. The number of aliphatic carboxylic acids is 1. The molecule has 11 nitrogen and oxygen atoms in total. The largest absolute Gasteiger partial charge is 0.477 e. The smallest absolute Gasteiger partial charge is 0.352 e. The van der Waals surface area contributed by atoms with Gasteiger partial charge in [0.15, 0.2) is 10.8 Å². The van der Waals surface area contributed by atoms with E-state index in [0.717, 1.165) is 11.3 Å². The Bertz CT molecular complexity index is 936. The number of carbonyl (C=O) groups excluding carboxylic acids is 2. The van der Waals surface area contributed by atoms with Gasteiger partial charge in [0.25, 0.3) is 11.8 Å². The van der Waals surface area contributed by atoms with E-state index >= 15 is 0 Å². The van der Waals surface area contributed by atoms with Crippen molar-refractivity contribution in [3.05, 3.63) is 22.3 Å². The molecule has 0 saturated carbocycles. The number of alkyl halides is 1. The summed E-state index contributed by atoms with van der Waals surface area (Å²) in [6.45, 7) is 3.03. The van der Waals surface area contributed by atoms with Crippen LogP contribution in [0.15, 0.2) is 21.8 Å². The Hall–Kier alpha value is -2.35. The number of aromatic nitrogens is 1. The molecule has 14 heteroatoms. The summed E-state index contributed by atoms with van der Waals surface area (Å²) in [5.74, 6) is -1.76. The molecule has 2 aliphatic rings. The van der Waals surface area contributed by atoms with Gasteiger partial charge in [0.2, 0.25) is 0 Å². The minimum Gasteiger partial charge on any atom is -0.477 e. The third kappa shape index (κ3) is 4.95. The van der Waals surface area contributed by atoms with Gasteiger partial charge in [0.05, 0.1) is 5.88 Å². The highest BCUT2D eigenvalue weighted by Crippen LogP contribution is 2.40. The molecule has 1 saturated heterocycles. The van der Waals surface area contributed by atoms with Gasteiger partial charge in [-0.15, -0.1) is 34.7 Å². The average molecular weight is 489 g/mol. The molecule has 5 N–H and O–H groups in total. The van der Waals surface area contributed by atoms with Crippen LogP contribution in [0.1, 0.15) is 12.6 Å². The van der Waals surface area contributed by atoms with E-state index in [-0.39, 0.29) is 34.7 Å². The molecule has 0 spiro atoms. The standard InChI is InChI=1S/C17H21ClN6O5S2/c1-2-20-5-8-6-30-15-11(14(26)24(15)12(8)16(27)28)22-13(25)10(23-29-4-3-18)9-7-31-17(19)21-9/h7,11,15,20H,2-6H2,1H3,(H2,19,21)(H,22,25)(H,27,28)/t11?,15-/m0/s1. The fourth-order valence-electron chi connectivity index (χ4n) is 3.05. The number of anilines is 1. The zero-order chi connectivity index (χ0) is 22.5. The molecule has 1 aromatic rings. The highest BCUT2D eigenvalue weighted by atomic mass is 35.5. The molecule has 1 unspecified atom stereocenters. The Morgan fingerprint density at radius 3 is 2.90 bits per heavy atom. The van der Waals surface area contributed by atoms with Crippen molar-refractivity contribution in [3.8, 4) is 0 Å². The molecule has 1 aromatic heterocycles. The first-order chi connectivity index (χ1) is 14.9. The summed E-state index contributed by atoms with van der Waals surface area (Å²) < 4.78 is 0. The van der Waals surface area contributed by atoms with Crippen LogP contribution >= 0.6 is 34.7 Å². The van der Waals surface area contributed by atoms with Gasteiger partial charge in [-0.05, 0) is 12.1 Å². The maximum Gasteiger partial charge on any atom is 0.352 e. The van der Waals surface area contributed by atoms with E-state index < -0.39 is 29.2 Å². The number of nitrogens with zero attached hydrogens (tertiary/aromatic N) is 3. The number of thiazole rings is 1. The third-order valence-corrected chi connectivity index (χ3v) is 6.60. The fraction of sp³-hybridized carbons (Fsp3) is 0.471. The Morgan fingerprint density at radius 1 is 1.52 bits per heavy atom. The Balaban J connectivity index is 1.77. The van der Waals surface area contributed by atoms with E-state index in [1.165, 1.54) is 16.7 Å². The topological polar surface area (TPSA) is 159 Å². The van der Waals surface area contributed by atoms with Crippen LogP contribution in [-0.4, -0.2) is 81.2 Å². The number of carbonyl (C=O) groups is 3. The first-order valence-electron chi connectivity index (χ1n) is 9.27. The highest BCUT2D eigenvalue weighted by Gasteiger charge is 2.54. The van der Waals surface area contributed by atoms with Crippen molar-refractivity contribution in [1.29, 1.82) is 0 Å². The van der Waals surface area contributed by atoms with Gasteiger partial charge in [-0.3, -0.25) is 14.5 Å². The van der Waals surface area contributed by atoms with Gasteiger partial charge in [0, 0.05) is 17.7 Å². The summed E-state index contributed by atoms with van der Waals surface area (Å²) in [6.07, 6.45) is 0. The summed E-state index contributed by atoms with van der Waals surface area (Å²) >= 11 is 8.08. The zero-order valence-corrected chi connectivity index (χ0v) is 18.9. The van der Waals surface area contributed by atoms with E-state index in [2.05, 4.69) is 20.8 Å². The van der Waals surface area contributed by atoms with Gasteiger partial charge in [-0.1, -0.05) is 12.1 Å². The van der Waals surface area contributed by atoms with Crippen LogP contribution in [-0.2, 0) is 19.2 Å². The number of β-lactam (4-membered cyclic amide) rings is 1. The molecular weight excluding hydrogens is 468 g/mol. The number of fused-ring (bicyclic) bond motifs is 1. The van der Waals surface area contributed by atoms with Crippen molar-refractivity contribution in [2.45, 2.75) is 18.3 Å². The van der Waals surface area contributed by atoms with Crippen LogP contribution in [0.2, 0.25) is 0 Å². The van der Waals surface area contributed by atoms with E-state index in [0.29, 0.717) is 24.4 Å². The fourth-order valence-corrected chi connectivity index (χ4v) is 5.01. The van der Waals surface area contributed by atoms with Crippen LogP contribution in [0.4, 0.5) is 5.13 Å². The second-order valence-electron chi connectivity index (χ2n) is 6.43. The minimum absolute atomic E-state index is 0.0354. The maximum atomic E-state index is 12.8. The van der Waals surface area contributed by atoms with Crippen molar-refractivity contribution >= 4 is 63.3 Å². The predicted molar refractivity (Wildman–Crippen MR) is 118 cm³/mol. The number of likely N-dealkylation sites (N-methyl/N-ethyl adjacent to an activating group) is 1. The molecule has 3 rings (SSSR count). The molecule has 2 aliphatic heterocycles. The van der Waals surface area contributed by atoms with Crippen molar-refractivity contribution in [2.75, 3.05) is 37.1 Å². The molecule has 2 atom stereocenters. The normalized spacial score (nSPS) is 20.9. The van der Waals surface area contributed by atoms with E-state index in [9.17, 15) is 19.5 Å². The second kappa shape index (κ2) is 10.3. The number of nitrogens with two attached hydrogens (primary N) is 1. The number of thioether (sulfide) groups is 1. The maximum absolute atomic E-state index is 12.8. The van der Waals surface area contributed by atoms with Gasteiger partial charge in [-0.25, -0.2) is 9.78 Å². The van der Waals surface area contributed by atoms with Crippen LogP contribution in [0, 0.1) is 0 Å². The number of rotatable bonds is 10. The van der Waals surface area contributed by atoms with Crippen molar-refractivity contribution in [3.63, 3.8) is 0 Å². The SMILES string of the molecule is CCNCC1=C(C(=O)O)N2C(=O)C(NC(=O)C(=NOCCCl)c3csc(N)n3)[C@@H]2SC1. The quantitative estimate of drug-likeness (QED) is 0.117. The first kappa shape index (κ1) is 23.3. The second-order valence-corrected chi connectivity index (χ2v) is 8.80. The van der Waals surface area contributed by atoms with Crippen LogP contribution < -0.4 is 16.4 Å². The monoisotopic (exact) mass is 488 g/mol. The minimum atomic E-state index is -1.17. The number of carboxylic acid groups (broad SMARTS) is 1. The lowest BCUT2D eigenvalue weighted by Crippen LogP contribution is -2.71. The number of amides is 2. The third-order valence-electron chi connectivity index (χ3n) is 4.43. The first-order valence-corrected chi connectivity index (χ1v) is 11.7. The van der Waals surface area contributed by atoms with Crippen LogP contribution in [0.25, 0.3) is 0 Å². The van der Waals surface area contributed by atoms with E-state index in [4.69, 9.17) is 22.2 Å². The van der Waals surface area contributed by atoms with Gasteiger partial charge in [-0.2, -0.15) is 0 Å². The van der Waals surface area contributed by atoms with Crippen LogP contribution in [0.5, 0.6) is 0 Å². The molecule has 0 radical (unpaired) electrons. The molecule has 3 heterocycles. The molecule has 168 valence electrons. The number of oxime groups is 1. The summed E-state index contributed by atoms with van der Waals surface area (Å²) in [6, 6.07) is -0.901. The van der Waals surface area contributed by atoms with E-state index in [1.807, 2.05) is 6.92 Å². The zero-order valence-electron chi connectivity index (χ0n) is 16.5. The van der Waals surface area contributed by atoms with E-state index in [1.54, 1.807) is 5.38 Å². The molecule has 2 amide bonds. The Morgan fingerprint density at radius 2 is 2.29 bits per heavy atom. The number of hydrogen-bond donors (Lipinski definition) is 4. The van der Waals surface area contributed by atoms with Crippen molar-refractivity contribution < 1.29 is 24.3 Å². The predicted octanol–water partition coefficient (Wildman–Crippen LogP) is 0.0329. The number of hydrogen-bond acceptors (Lipinski definition) is 10. The van der Waals surface area contributed by atoms with Crippen molar-refractivity contribution in [1.82, 2.24) is 20.5 Å². The van der Waals surface area contributed by atoms with Crippen LogP contribution in [0.3, 0.4) is 0 Å². The number of carboxylic acids is 1. The Labute approximate surface area is 191 Å². The summed E-state index contributed by atoms with van der Waals surface area (Å²) in [5, 5.41) is 20.4. The molecule has 0 bridgehead atoms. The molecule has 31 heavy (non-hydrogen) atoms. The molecule has 1 fully saturated rings. The highest BCUT2D eigenvalue weighted by molar-refractivity contribution is 8.00. The average Bonchev–Trinajstić information content (AvgIpc) is 3.18. The van der Waals surface area contributed by atoms with Crippen molar-refractivity contribution in [2.24, 2.45) is 5.16 Å². The van der Waals surface area contributed by atoms with Gasteiger partial charge >= 0.3 is 5.97 Å². The van der Waals surface area contributed by atoms with Gasteiger partial charge < -0.3 is 26.3 Å².